The molecule has 0 bridgehead atoms. The van der Waals surface area contributed by atoms with Gasteiger partial charge in [0.1, 0.15) is 5.70 Å². The second-order valence-corrected chi connectivity index (χ2v) is 10.9. The number of anilines is 2. The first-order chi connectivity index (χ1) is 20.8. The van der Waals surface area contributed by atoms with Crippen molar-refractivity contribution in [1.29, 1.82) is 0 Å². The molecule has 12 heteroatoms. The number of thioether (sulfide) groups is 1. The van der Waals surface area contributed by atoms with Crippen molar-refractivity contribution in [3.63, 3.8) is 0 Å². The van der Waals surface area contributed by atoms with Crippen LogP contribution in [-0.2, 0) is 9.59 Å². The maximum Gasteiger partial charge on any atom is 0.272 e. The smallest absolute Gasteiger partial charge is 0.272 e. The van der Waals surface area contributed by atoms with Gasteiger partial charge in [-0.1, -0.05) is 18.2 Å². The van der Waals surface area contributed by atoms with E-state index in [-0.39, 0.29) is 17.4 Å². The first-order valence-corrected chi connectivity index (χ1v) is 14.8. The maximum absolute atomic E-state index is 13.4. The van der Waals surface area contributed by atoms with E-state index in [2.05, 4.69) is 20.9 Å². The normalized spacial score (nSPS) is 10.9. The van der Waals surface area contributed by atoms with Crippen LogP contribution >= 0.6 is 23.1 Å². The summed E-state index contributed by atoms with van der Waals surface area (Å²) in [6.45, 7) is 1.87. The highest BCUT2D eigenvalue weighted by Gasteiger charge is 2.18. The van der Waals surface area contributed by atoms with Gasteiger partial charge in [-0.3, -0.25) is 14.4 Å². The minimum Gasteiger partial charge on any atom is -0.493 e. The zero-order valence-corrected chi connectivity index (χ0v) is 25.6. The summed E-state index contributed by atoms with van der Waals surface area (Å²) in [6.07, 6.45) is 1.52. The number of thiazole rings is 1. The molecule has 0 spiro atoms. The van der Waals surface area contributed by atoms with Gasteiger partial charge in [0.15, 0.2) is 16.6 Å². The monoisotopic (exact) mass is 618 g/mol. The van der Waals surface area contributed by atoms with Gasteiger partial charge in [-0.15, -0.1) is 23.1 Å². The summed E-state index contributed by atoms with van der Waals surface area (Å²) in [6, 6.07) is 18.9. The molecule has 222 valence electrons. The Morgan fingerprint density at radius 2 is 1.58 bits per heavy atom. The molecule has 3 aromatic carbocycles. The lowest BCUT2D eigenvalue weighted by Gasteiger charge is -2.15. The van der Waals surface area contributed by atoms with Crippen LogP contribution < -0.4 is 30.2 Å². The molecule has 0 aliphatic carbocycles. The van der Waals surface area contributed by atoms with Crippen molar-refractivity contribution in [2.24, 2.45) is 0 Å². The summed E-state index contributed by atoms with van der Waals surface area (Å²) >= 11 is 2.73. The van der Waals surface area contributed by atoms with Crippen molar-refractivity contribution >= 4 is 57.7 Å². The number of benzene rings is 3. The fourth-order valence-corrected chi connectivity index (χ4v) is 5.25. The molecule has 43 heavy (non-hydrogen) atoms. The van der Waals surface area contributed by atoms with E-state index in [0.717, 1.165) is 10.6 Å². The molecule has 3 amide bonds. The highest BCUT2D eigenvalue weighted by atomic mass is 32.2. The third-order valence-electron chi connectivity index (χ3n) is 5.87. The Morgan fingerprint density at radius 1 is 0.907 bits per heavy atom. The topological polar surface area (TPSA) is 128 Å². The van der Waals surface area contributed by atoms with E-state index < -0.39 is 11.8 Å². The number of hydrogen-bond acceptors (Lipinski definition) is 9. The van der Waals surface area contributed by atoms with E-state index >= 15 is 0 Å². The number of nitrogens with zero attached hydrogens (tertiary/aromatic N) is 1. The Hall–Kier alpha value is -4.81. The number of amides is 3. The van der Waals surface area contributed by atoms with Crippen LogP contribution in [0.4, 0.5) is 10.8 Å². The van der Waals surface area contributed by atoms with Gasteiger partial charge in [-0.2, -0.15) is 0 Å². The van der Waals surface area contributed by atoms with Gasteiger partial charge < -0.3 is 30.2 Å². The summed E-state index contributed by atoms with van der Waals surface area (Å²) in [5.74, 6) is 0.237. The van der Waals surface area contributed by atoms with Gasteiger partial charge in [0.25, 0.3) is 11.8 Å². The lowest BCUT2D eigenvalue weighted by Crippen LogP contribution is -2.30. The second kappa shape index (κ2) is 14.9. The Balaban J connectivity index is 1.50. The van der Waals surface area contributed by atoms with Crippen molar-refractivity contribution in [3.8, 4) is 17.2 Å². The molecule has 1 heterocycles. The number of aromatic nitrogens is 1. The van der Waals surface area contributed by atoms with Gasteiger partial charge in [0, 0.05) is 21.5 Å². The fraction of sp³-hybridized carbons (Fsp3) is 0.161. The molecule has 0 fully saturated rings. The molecule has 1 aromatic heterocycles. The van der Waals surface area contributed by atoms with Crippen molar-refractivity contribution in [3.05, 3.63) is 94.6 Å². The van der Waals surface area contributed by atoms with Crippen LogP contribution in [0.1, 0.15) is 21.6 Å². The molecule has 4 rings (SSSR count). The van der Waals surface area contributed by atoms with Gasteiger partial charge in [0.05, 0.1) is 32.8 Å². The standard InChI is InChI=1S/C31H30N4O6S2/c1-19-17-43-31(32-19)35-27(36)18-42-23-12-10-22(11-13-23)33-30(38)24(34-29(37)21-8-6-5-7-9-21)14-20-15-25(39-2)28(41-4)26(16-20)40-3/h5-17H,18H2,1-4H3,(H,33,38)(H,34,37)(H,32,35,36)/b24-14-. The zero-order valence-electron chi connectivity index (χ0n) is 23.9. The fourth-order valence-electron chi connectivity index (χ4n) is 3.84. The molecule has 0 saturated carbocycles. The third-order valence-corrected chi connectivity index (χ3v) is 7.76. The van der Waals surface area contributed by atoms with E-state index in [1.807, 2.05) is 12.3 Å². The third kappa shape index (κ3) is 8.60. The van der Waals surface area contributed by atoms with Gasteiger partial charge in [-0.25, -0.2) is 4.98 Å². The van der Waals surface area contributed by atoms with E-state index in [9.17, 15) is 14.4 Å². The predicted molar refractivity (Wildman–Crippen MR) is 169 cm³/mol. The number of carbonyl (C=O) groups excluding carboxylic acids is 3. The Kier molecular flexibility index (Phi) is 10.8. The summed E-state index contributed by atoms with van der Waals surface area (Å²) in [7, 11) is 4.48. The highest BCUT2D eigenvalue weighted by molar-refractivity contribution is 8.00. The summed E-state index contributed by atoms with van der Waals surface area (Å²) in [4.78, 5) is 43.8. The molecule has 0 radical (unpaired) electrons. The molecular formula is C31H30N4O6S2. The van der Waals surface area contributed by atoms with Crippen molar-refractivity contribution in [2.75, 3.05) is 37.7 Å². The summed E-state index contributed by atoms with van der Waals surface area (Å²) < 4.78 is 16.3. The largest absolute Gasteiger partial charge is 0.493 e. The van der Waals surface area contributed by atoms with Gasteiger partial charge in [-0.05, 0) is 67.1 Å². The summed E-state index contributed by atoms with van der Waals surface area (Å²) in [5.41, 5.74) is 2.27. The second-order valence-electron chi connectivity index (χ2n) is 8.95. The SMILES string of the molecule is COc1cc(/C=C(\NC(=O)c2ccccc2)C(=O)Nc2ccc(SCC(=O)Nc3nc(C)cs3)cc2)cc(OC)c1OC. The average Bonchev–Trinajstić information content (AvgIpc) is 3.43. The lowest BCUT2D eigenvalue weighted by molar-refractivity contribution is -0.114. The number of aryl methyl sites for hydroxylation is 1. The van der Waals surface area contributed by atoms with Crippen LogP contribution in [0, 0.1) is 6.92 Å². The number of methoxy groups -OCH3 is 3. The maximum atomic E-state index is 13.4. The Morgan fingerprint density at radius 3 is 2.16 bits per heavy atom. The molecular weight excluding hydrogens is 588 g/mol. The molecule has 0 unspecified atom stereocenters. The zero-order chi connectivity index (χ0) is 30.8. The molecule has 4 aromatic rings. The van der Waals surface area contributed by atoms with Crippen molar-refractivity contribution in [2.45, 2.75) is 11.8 Å². The van der Waals surface area contributed by atoms with Crippen LogP contribution in [0.25, 0.3) is 6.08 Å². The number of carbonyl (C=O) groups is 3. The van der Waals surface area contributed by atoms with E-state index in [4.69, 9.17) is 14.2 Å². The predicted octanol–water partition coefficient (Wildman–Crippen LogP) is 5.62. The molecule has 0 atom stereocenters. The summed E-state index contributed by atoms with van der Waals surface area (Å²) in [5, 5.41) is 10.7. The van der Waals surface area contributed by atoms with Crippen LogP contribution in [0.5, 0.6) is 17.2 Å². The minimum atomic E-state index is -0.545. The molecule has 10 nitrogen and oxygen atoms in total. The van der Waals surface area contributed by atoms with E-state index in [1.54, 1.807) is 66.7 Å². The lowest BCUT2D eigenvalue weighted by atomic mass is 10.1. The van der Waals surface area contributed by atoms with Crippen LogP contribution in [-0.4, -0.2) is 49.8 Å². The molecule has 0 saturated heterocycles. The van der Waals surface area contributed by atoms with Crippen LogP contribution in [0.2, 0.25) is 0 Å². The number of rotatable bonds is 12. The van der Waals surface area contributed by atoms with Crippen LogP contribution in [0.3, 0.4) is 0 Å². The number of hydrogen-bond donors (Lipinski definition) is 3. The van der Waals surface area contributed by atoms with Crippen LogP contribution in [0.15, 0.2) is 82.7 Å². The Bertz CT molecular complexity index is 1600. The van der Waals surface area contributed by atoms with E-state index in [0.29, 0.717) is 39.2 Å². The quantitative estimate of drug-likeness (QED) is 0.138. The molecule has 0 aliphatic heterocycles. The van der Waals surface area contributed by atoms with E-state index in [1.165, 1.54) is 50.5 Å². The highest BCUT2D eigenvalue weighted by Crippen LogP contribution is 2.38. The van der Waals surface area contributed by atoms with Crippen molar-refractivity contribution in [1.82, 2.24) is 10.3 Å². The number of ether oxygens (including phenoxy) is 3. The first kappa shape index (κ1) is 31.1. The molecule has 3 N–H and O–H groups in total. The average molecular weight is 619 g/mol. The molecule has 0 aliphatic rings. The van der Waals surface area contributed by atoms with Gasteiger partial charge in [0.2, 0.25) is 11.7 Å². The minimum absolute atomic E-state index is 0.00401. The van der Waals surface area contributed by atoms with Gasteiger partial charge >= 0.3 is 0 Å². The number of nitrogens with one attached hydrogen (secondary N) is 3. The Labute approximate surface area is 257 Å². The first-order valence-electron chi connectivity index (χ1n) is 12.9. The van der Waals surface area contributed by atoms with Crippen molar-refractivity contribution < 1.29 is 28.6 Å².